The zero-order valence-corrected chi connectivity index (χ0v) is 14.4. The quantitative estimate of drug-likeness (QED) is 0.523. The van der Waals surface area contributed by atoms with Crippen LogP contribution in [0, 0.1) is 11.3 Å². The summed E-state index contributed by atoms with van der Waals surface area (Å²) in [5.41, 5.74) is 0.464. The van der Waals surface area contributed by atoms with Gasteiger partial charge in [-0.15, -0.1) is 0 Å². The lowest BCUT2D eigenvalue weighted by molar-refractivity contribution is -0.133. The van der Waals surface area contributed by atoms with E-state index in [1.165, 1.54) is 4.90 Å². The molecule has 3 aromatic carbocycles. The minimum Gasteiger partial charge on any atom is -0.452 e. The second-order valence-electron chi connectivity index (χ2n) is 5.99. The Kier molecular flexibility index (Phi) is 5.14. The van der Waals surface area contributed by atoms with Crippen molar-refractivity contribution in [3.8, 4) is 6.07 Å². The van der Waals surface area contributed by atoms with Gasteiger partial charge in [-0.2, -0.15) is 5.26 Å². The zero-order valence-electron chi connectivity index (χ0n) is 14.4. The summed E-state index contributed by atoms with van der Waals surface area (Å²) >= 11 is 0. The molecule has 0 N–H and O–H groups in total. The van der Waals surface area contributed by atoms with E-state index >= 15 is 0 Å². The van der Waals surface area contributed by atoms with E-state index in [0.29, 0.717) is 12.1 Å². The Morgan fingerprint density at radius 1 is 1.04 bits per heavy atom. The Hall–Kier alpha value is -3.39. The first-order valence-corrected chi connectivity index (χ1v) is 8.30. The van der Waals surface area contributed by atoms with Crippen molar-refractivity contribution < 1.29 is 14.3 Å². The molecule has 0 bridgehead atoms. The third kappa shape index (κ3) is 3.50. The van der Waals surface area contributed by atoms with Gasteiger partial charge in [-0.1, -0.05) is 48.5 Å². The molecule has 130 valence electrons. The molecule has 0 heterocycles. The van der Waals surface area contributed by atoms with E-state index in [4.69, 9.17) is 10.00 Å². The van der Waals surface area contributed by atoms with Gasteiger partial charge in [0, 0.05) is 13.6 Å². The van der Waals surface area contributed by atoms with Gasteiger partial charge in [-0.25, -0.2) is 4.79 Å². The van der Waals surface area contributed by atoms with Gasteiger partial charge in [-0.05, 0) is 27.6 Å². The molecule has 0 saturated heterocycles. The van der Waals surface area contributed by atoms with Gasteiger partial charge in [0.05, 0.1) is 18.1 Å². The number of carbonyl (C=O) groups excluding carboxylic acids is 2. The number of nitriles is 1. The number of likely N-dealkylation sites (N-methyl/N-ethyl adjacent to an activating group) is 1. The number of hydrogen-bond acceptors (Lipinski definition) is 4. The molecule has 0 aromatic heterocycles. The molecule has 0 aliphatic carbocycles. The highest BCUT2D eigenvalue weighted by molar-refractivity contribution is 6.16. The van der Waals surface area contributed by atoms with Gasteiger partial charge >= 0.3 is 5.97 Å². The molecule has 0 spiro atoms. The van der Waals surface area contributed by atoms with Crippen LogP contribution in [0.25, 0.3) is 21.5 Å². The minimum absolute atomic E-state index is 0.240. The number of esters is 1. The molecule has 0 aliphatic heterocycles. The standard InChI is InChI=1S/C21H18N2O3/c1-23(12-6-11-22)19(24)14-26-21(25)20-17-9-4-2-7-15(17)13-16-8-3-5-10-18(16)20/h2-5,7-10,13H,6,12,14H2,1H3. The molecule has 3 aromatic rings. The van der Waals surface area contributed by atoms with Crippen LogP contribution in [-0.4, -0.2) is 37.0 Å². The molecule has 0 atom stereocenters. The minimum atomic E-state index is -0.528. The Morgan fingerprint density at radius 2 is 1.62 bits per heavy atom. The molecule has 0 radical (unpaired) electrons. The highest BCUT2D eigenvalue weighted by Gasteiger charge is 2.18. The number of ether oxygens (including phenoxy) is 1. The van der Waals surface area contributed by atoms with Gasteiger partial charge in [-0.3, -0.25) is 4.79 Å². The van der Waals surface area contributed by atoms with Crippen LogP contribution in [0.5, 0.6) is 0 Å². The summed E-state index contributed by atoms with van der Waals surface area (Å²) in [5, 5.41) is 12.1. The summed E-state index contributed by atoms with van der Waals surface area (Å²) in [4.78, 5) is 26.2. The Balaban J connectivity index is 1.90. The van der Waals surface area contributed by atoms with Crippen LogP contribution in [0.2, 0.25) is 0 Å². The monoisotopic (exact) mass is 346 g/mol. The van der Waals surface area contributed by atoms with Crippen molar-refractivity contribution in [2.45, 2.75) is 6.42 Å². The zero-order chi connectivity index (χ0) is 18.5. The lowest BCUT2D eigenvalue weighted by Gasteiger charge is -2.16. The lowest BCUT2D eigenvalue weighted by Crippen LogP contribution is -2.32. The van der Waals surface area contributed by atoms with Crippen LogP contribution in [0.3, 0.4) is 0 Å². The second-order valence-corrected chi connectivity index (χ2v) is 5.99. The molecule has 0 unspecified atom stereocenters. The SMILES string of the molecule is CN(CCC#N)C(=O)COC(=O)c1c2ccccc2cc2ccccc12. The summed E-state index contributed by atoms with van der Waals surface area (Å²) < 4.78 is 5.29. The fourth-order valence-corrected chi connectivity index (χ4v) is 2.89. The number of rotatable bonds is 5. The molecule has 3 rings (SSSR count). The first kappa shape index (κ1) is 17.4. The lowest BCUT2D eigenvalue weighted by atomic mass is 9.97. The predicted molar refractivity (Wildman–Crippen MR) is 99.6 cm³/mol. The number of amides is 1. The number of hydrogen-bond donors (Lipinski definition) is 0. The van der Waals surface area contributed by atoms with Crippen molar-refractivity contribution in [2.24, 2.45) is 0 Å². The maximum absolute atomic E-state index is 12.8. The highest BCUT2D eigenvalue weighted by atomic mass is 16.5. The molecular formula is C21H18N2O3. The molecule has 26 heavy (non-hydrogen) atoms. The predicted octanol–water partition coefficient (Wildman–Crippen LogP) is 3.52. The number of nitrogens with zero attached hydrogens (tertiary/aromatic N) is 2. The highest BCUT2D eigenvalue weighted by Crippen LogP contribution is 2.29. The summed E-state index contributed by atoms with van der Waals surface area (Å²) in [6.45, 7) is -0.0393. The van der Waals surface area contributed by atoms with E-state index in [9.17, 15) is 9.59 Å². The molecule has 5 nitrogen and oxygen atoms in total. The van der Waals surface area contributed by atoms with Crippen LogP contribution in [0.1, 0.15) is 16.8 Å². The van der Waals surface area contributed by atoms with Crippen LogP contribution < -0.4 is 0 Å². The maximum Gasteiger partial charge on any atom is 0.339 e. The van der Waals surface area contributed by atoms with Crippen LogP contribution in [0.4, 0.5) is 0 Å². The van der Waals surface area contributed by atoms with Crippen LogP contribution >= 0.6 is 0 Å². The third-order valence-corrected chi connectivity index (χ3v) is 4.29. The van der Waals surface area contributed by atoms with Crippen molar-refractivity contribution >= 4 is 33.4 Å². The van der Waals surface area contributed by atoms with E-state index in [2.05, 4.69) is 0 Å². The number of fused-ring (bicyclic) bond motifs is 2. The van der Waals surface area contributed by atoms with E-state index < -0.39 is 5.97 Å². The van der Waals surface area contributed by atoms with E-state index in [-0.39, 0.29) is 18.9 Å². The van der Waals surface area contributed by atoms with Gasteiger partial charge in [0.15, 0.2) is 6.61 Å². The van der Waals surface area contributed by atoms with Crippen molar-refractivity contribution in [3.63, 3.8) is 0 Å². The summed E-state index contributed by atoms with van der Waals surface area (Å²) in [5.74, 6) is -0.863. The van der Waals surface area contributed by atoms with Crippen molar-refractivity contribution in [1.82, 2.24) is 4.90 Å². The van der Waals surface area contributed by atoms with Crippen LogP contribution in [-0.2, 0) is 9.53 Å². The van der Waals surface area contributed by atoms with E-state index in [1.54, 1.807) is 7.05 Å². The largest absolute Gasteiger partial charge is 0.452 e. The second kappa shape index (κ2) is 7.66. The maximum atomic E-state index is 12.8. The van der Waals surface area contributed by atoms with Gasteiger partial charge in [0.25, 0.3) is 5.91 Å². The fraction of sp³-hybridized carbons (Fsp3) is 0.190. The van der Waals surface area contributed by atoms with Crippen molar-refractivity contribution in [1.29, 1.82) is 5.26 Å². The van der Waals surface area contributed by atoms with Crippen molar-refractivity contribution in [2.75, 3.05) is 20.2 Å². The average Bonchev–Trinajstić information content (AvgIpc) is 2.67. The van der Waals surface area contributed by atoms with Gasteiger partial charge < -0.3 is 9.64 Å². The summed E-state index contributed by atoms with van der Waals surface area (Å²) in [7, 11) is 1.58. The molecule has 1 amide bonds. The van der Waals surface area contributed by atoms with Gasteiger partial charge in [0.2, 0.25) is 0 Å². The van der Waals surface area contributed by atoms with Crippen LogP contribution in [0.15, 0.2) is 54.6 Å². The van der Waals surface area contributed by atoms with E-state index in [0.717, 1.165) is 21.5 Å². The molecule has 0 saturated carbocycles. The van der Waals surface area contributed by atoms with Gasteiger partial charge in [0.1, 0.15) is 0 Å². The number of benzene rings is 3. The molecule has 0 aliphatic rings. The molecular weight excluding hydrogens is 328 g/mol. The van der Waals surface area contributed by atoms with E-state index in [1.807, 2.05) is 60.7 Å². The Morgan fingerprint density at radius 3 is 2.19 bits per heavy atom. The molecule has 5 heteroatoms. The Bertz CT molecular complexity index is 967. The fourth-order valence-electron chi connectivity index (χ4n) is 2.89. The summed E-state index contributed by atoms with van der Waals surface area (Å²) in [6.07, 6.45) is 0.240. The first-order chi connectivity index (χ1) is 12.6. The third-order valence-electron chi connectivity index (χ3n) is 4.29. The summed E-state index contributed by atoms with van der Waals surface area (Å²) in [6, 6.07) is 19.2. The smallest absolute Gasteiger partial charge is 0.339 e. The van der Waals surface area contributed by atoms with Crippen molar-refractivity contribution in [3.05, 3.63) is 60.2 Å². The Labute approximate surface area is 151 Å². The number of carbonyl (C=O) groups is 2. The first-order valence-electron chi connectivity index (χ1n) is 8.30. The topological polar surface area (TPSA) is 70.4 Å². The average molecular weight is 346 g/mol. The normalized spacial score (nSPS) is 10.5. The molecule has 0 fully saturated rings.